The van der Waals surface area contributed by atoms with Gasteiger partial charge in [-0.05, 0) is 18.2 Å². The van der Waals surface area contributed by atoms with E-state index in [2.05, 4.69) is 0 Å². The van der Waals surface area contributed by atoms with E-state index in [1.54, 1.807) is 0 Å². The SMILES string of the molecule is COCCC(=O)c1ccc(F)c(F)c1. The Labute approximate surface area is 80.5 Å². The molecule has 0 bridgehead atoms. The van der Waals surface area contributed by atoms with Crippen LogP contribution in [0, 0.1) is 11.6 Å². The number of ether oxygens (including phenoxy) is 1. The summed E-state index contributed by atoms with van der Waals surface area (Å²) in [7, 11) is 1.47. The molecule has 0 unspecified atom stereocenters. The minimum Gasteiger partial charge on any atom is -0.384 e. The summed E-state index contributed by atoms with van der Waals surface area (Å²) in [4.78, 5) is 11.3. The van der Waals surface area contributed by atoms with Crippen LogP contribution in [-0.2, 0) is 4.74 Å². The van der Waals surface area contributed by atoms with Crippen LogP contribution in [0.15, 0.2) is 18.2 Å². The predicted octanol–water partition coefficient (Wildman–Crippen LogP) is 2.18. The van der Waals surface area contributed by atoms with Crippen molar-refractivity contribution in [1.29, 1.82) is 0 Å². The smallest absolute Gasteiger partial charge is 0.165 e. The van der Waals surface area contributed by atoms with Gasteiger partial charge in [0.25, 0.3) is 0 Å². The van der Waals surface area contributed by atoms with Crippen molar-refractivity contribution < 1.29 is 18.3 Å². The minimum absolute atomic E-state index is 0.168. The number of rotatable bonds is 4. The maximum Gasteiger partial charge on any atom is 0.165 e. The quantitative estimate of drug-likeness (QED) is 0.696. The molecule has 14 heavy (non-hydrogen) atoms. The average molecular weight is 200 g/mol. The lowest BCUT2D eigenvalue weighted by molar-refractivity contribution is 0.0931. The van der Waals surface area contributed by atoms with Crippen LogP contribution in [0.3, 0.4) is 0 Å². The zero-order valence-corrected chi connectivity index (χ0v) is 7.72. The highest BCUT2D eigenvalue weighted by molar-refractivity contribution is 5.96. The molecule has 1 rings (SSSR count). The zero-order chi connectivity index (χ0) is 10.6. The average Bonchev–Trinajstić information content (AvgIpc) is 2.18. The number of ketones is 1. The maximum atomic E-state index is 12.7. The van der Waals surface area contributed by atoms with E-state index in [1.165, 1.54) is 13.2 Å². The molecule has 0 aliphatic heterocycles. The number of methoxy groups -OCH3 is 1. The fourth-order valence-electron chi connectivity index (χ4n) is 1.01. The largest absolute Gasteiger partial charge is 0.384 e. The third-order valence-electron chi connectivity index (χ3n) is 1.77. The third kappa shape index (κ3) is 2.60. The fraction of sp³-hybridized carbons (Fsp3) is 0.300. The van der Waals surface area contributed by atoms with Gasteiger partial charge in [-0.2, -0.15) is 0 Å². The van der Waals surface area contributed by atoms with E-state index >= 15 is 0 Å². The van der Waals surface area contributed by atoms with E-state index in [1.807, 2.05) is 0 Å². The maximum absolute atomic E-state index is 12.7. The molecule has 0 spiro atoms. The highest BCUT2D eigenvalue weighted by Gasteiger charge is 2.08. The number of hydrogen-bond acceptors (Lipinski definition) is 2. The normalized spacial score (nSPS) is 10.2. The molecular formula is C10H10F2O2. The summed E-state index contributed by atoms with van der Waals surface area (Å²) in [5, 5.41) is 0. The van der Waals surface area contributed by atoms with Crippen molar-refractivity contribution in [3.05, 3.63) is 35.4 Å². The number of Topliss-reactive ketones (excluding diaryl/α,β-unsaturated/α-hetero) is 1. The highest BCUT2D eigenvalue weighted by Crippen LogP contribution is 2.10. The monoisotopic (exact) mass is 200 g/mol. The second-order valence-electron chi connectivity index (χ2n) is 2.79. The van der Waals surface area contributed by atoms with E-state index < -0.39 is 11.6 Å². The molecule has 0 radical (unpaired) electrons. The van der Waals surface area contributed by atoms with Crippen LogP contribution in [-0.4, -0.2) is 19.5 Å². The van der Waals surface area contributed by atoms with E-state index in [9.17, 15) is 13.6 Å². The van der Waals surface area contributed by atoms with E-state index in [0.717, 1.165) is 12.1 Å². The zero-order valence-electron chi connectivity index (χ0n) is 7.72. The first-order valence-electron chi connectivity index (χ1n) is 4.12. The lowest BCUT2D eigenvalue weighted by Gasteiger charge is -2.00. The van der Waals surface area contributed by atoms with Crippen LogP contribution < -0.4 is 0 Å². The van der Waals surface area contributed by atoms with E-state index in [4.69, 9.17) is 4.74 Å². The first kappa shape index (κ1) is 10.8. The number of carbonyl (C=O) groups excluding carboxylic acids is 1. The Kier molecular flexibility index (Phi) is 3.71. The molecule has 0 fully saturated rings. The van der Waals surface area contributed by atoms with Crippen molar-refractivity contribution in [2.24, 2.45) is 0 Å². The molecule has 0 atom stereocenters. The minimum atomic E-state index is -1.01. The van der Waals surface area contributed by atoms with Gasteiger partial charge in [-0.15, -0.1) is 0 Å². The molecule has 0 N–H and O–H groups in total. The summed E-state index contributed by atoms with van der Waals surface area (Å²) >= 11 is 0. The van der Waals surface area contributed by atoms with Crippen molar-refractivity contribution in [3.63, 3.8) is 0 Å². The van der Waals surface area contributed by atoms with Crippen molar-refractivity contribution in [3.8, 4) is 0 Å². The van der Waals surface area contributed by atoms with Crippen LogP contribution >= 0.6 is 0 Å². The second kappa shape index (κ2) is 4.81. The molecule has 76 valence electrons. The molecule has 0 aromatic heterocycles. The summed E-state index contributed by atoms with van der Waals surface area (Å²) < 4.78 is 29.9. The first-order chi connectivity index (χ1) is 6.65. The number of carbonyl (C=O) groups is 1. The van der Waals surface area contributed by atoms with Gasteiger partial charge in [-0.1, -0.05) is 0 Å². The number of hydrogen-bond donors (Lipinski definition) is 0. The molecule has 1 aromatic carbocycles. The highest BCUT2D eigenvalue weighted by atomic mass is 19.2. The molecular weight excluding hydrogens is 190 g/mol. The Morgan fingerprint density at radius 3 is 2.64 bits per heavy atom. The van der Waals surface area contributed by atoms with Gasteiger partial charge in [0.1, 0.15) is 0 Å². The number of benzene rings is 1. The van der Waals surface area contributed by atoms with E-state index in [-0.39, 0.29) is 24.4 Å². The van der Waals surface area contributed by atoms with Crippen molar-refractivity contribution in [1.82, 2.24) is 0 Å². The van der Waals surface area contributed by atoms with Crippen molar-refractivity contribution in [2.45, 2.75) is 6.42 Å². The second-order valence-corrected chi connectivity index (χ2v) is 2.79. The van der Waals surface area contributed by atoms with Crippen molar-refractivity contribution >= 4 is 5.78 Å². The first-order valence-corrected chi connectivity index (χ1v) is 4.12. The Balaban J connectivity index is 2.76. The van der Waals surface area contributed by atoms with E-state index in [0.29, 0.717) is 0 Å². The van der Waals surface area contributed by atoms with Gasteiger partial charge in [-0.3, -0.25) is 4.79 Å². The summed E-state index contributed by atoms with van der Waals surface area (Å²) in [6.45, 7) is 0.276. The predicted molar refractivity (Wildman–Crippen MR) is 47.2 cm³/mol. The summed E-state index contributed by atoms with van der Waals surface area (Å²) in [5.74, 6) is -2.22. The Hall–Kier alpha value is -1.29. The molecule has 1 aromatic rings. The van der Waals surface area contributed by atoms with Crippen LogP contribution in [0.2, 0.25) is 0 Å². The summed E-state index contributed by atoms with van der Waals surface area (Å²) in [6.07, 6.45) is 0.168. The molecule has 0 aliphatic rings. The topological polar surface area (TPSA) is 26.3 Å². The van der Waals surface area contributed by atoms with Crippen LogP contribution in [0.5, 0.6) is 0 Å². The van der Waals surface area contributed by atoms with Crippen LogP contribution in [0.1, 0.15) is 16.8 Å². The van der Waals surface area contributed by atoms with Gasteiger partial charge in [0, 0.05) is 19.1 Å². The molecule has 4 heteroatoms. The van der Waals surface area contributed by atoms with Crippen molar-refractivity contribution in [2.75, 3.05) is 13.7 Å². The summed E-state index contributed by atoms with van der Waals surface area (Å²) in [6, 6.07) is 3.10. The fourth-order valence-corrected chi connectivity index (χ4v) is 1.01. The van der Waals surface area contributed by atoms with Gasteiger partial charge >= 0.3 is 0 Å². The third-order valence-corrected chi connectivity index (χ3v) is 1.77. The molecule has 0 saturated carbocycles. The van der Waals surface area contributed by atoms with Gasteiger partial charge in [0.05, 0.1) is 6.61 Å². The van der Waals surface area contributed by atoms with Gasteiger partial charge in [-0.25, -0.2) is 8.78 Å². The standard InChI is InChI=1S/C10H10F2O2/c1-14-5-4-10(13)7-2-3-8(11)9(12)6-7/h2-3,6H,4-5H2,1H3. The lowest BCUT2D eigenvalue weighted by atomic mass is 10.1. The lowest BCUT2D eigenvalue weighted by Crippen LogP contribution is -2.04. The molecule has 2 nitrogen and oxygen atoms in total. The van der Waals surface area contributed by atoms with Crippen LogP contribution in [0.4, 0.5) is 8.78 Å². The Morgan fingerprint density at radius 2 is 2.07 bits per heavy atom. The molecule has 0 heterocycles. The molecule has 0 amide bonds. The molecule has 0 aliphatic carbocycles. The van der Waals surface area contributed by atoms with Gasteiger partial charge in [0.15, 0.2) is 17.4 Å². The Morgan fingerprint density at radius 1 is 1.36 bits per heavy atom. The molecule has 0 saturated heterocycles. The van der Waals surface area contributed by atoms with Gasteiger partial charge in [0.2, 0.25) is 0 Å². The number of halogens is 2. The van der Waals surface area contributed by atoms with Crippen LogP contribution in [0.25, 0.3) is 0 Å². The Bertz CT molecular complexity index is 337. The van der Waals surface area contributed by atoms with Gasteiger partial charge < -0.3 is 4.74 Å². The summed E-state index contributed by atoms with van der Waals surface area (Å²) in [5.41, 5.74) is 0.168.